The highest BCUT2D eigenvalue weighted by Gasteiger charge is 2.02. The summed E-state index contributed by atoms with van der Waals surface area (Å²) in [6.45, 7) is 1.90. The van der Waals surface area contributed by atoms with Crippen LogP contribution < -0.4 is 0 Å². The Morgan fingerprint density at radius 2 is 2.27 bits per heavy atom. The first kappa shape index (κ1) is 6.60. The van der Waals surface area contributed by atoms with E-state index in [1.54, 1.807) is 0 Å². The molecule has 4 nitrogen and oxygen atoms in total. The summed E-state index contributed by atoms with van der Waals surface area (Å²) in [6, 6.07) is 0. The van der Waals surface area contributed by atoms with Crippen molar-refractivity contribution in [2.75, 3.05) is 0 Å². The normalized spacial score (nSPS) is 10.7. The summed E-state index contributed by atoms with van der Waals surface area (Å²) < 4.78 is 0. The van der Waals surface area contributed by atoms with Crippen LogP contribution in [0.5, 0.6) is 0 Å². The minimum atomic E-state index is 0.573. The van der Waals surface area contributed by atoms with Crippen LogP contribution >= 0.6 is 12.6 Å². The average Bonchev–Trinajstić information content (AvgIpc) is 2.31. The van der Waals surface area contributed by atoms with Crippen molar-refractivity contribution in [2.45, 2.75) is 12.1 Å². The number of imidazole rings is 1. The maximum absolute atomic E-state index is 4.06. The fraction of sp³-hybridized carbons (Fsp3) is 0.167. The number of thiol groups is 1. The quantitative estimate of drug-likeness (QED) is 0.573. The molecule has 0 atom stereocenters. The molecule has 0 radical (unpaired) electrons. The lowest BCUT2D eigenvalue weighted by Gasteiger charge is -1.89. The number of aromatic nitrogens is 4. The second kappa shape index (κ2) is 2.20. The number of hydrogen-bond donors (Lipinski definition) is 2. The molecule has 0 saturated heterocycles. The number of aryl methyl sites for hydroxylation is 1. The number of aromatic amines is 1. The van der Waals surface area contributed by atoms with Gasteiger partial charge in [0, 0.05) is 0 Å². The highest BCUT2D eigenvalue weighted by molar-refractivity contribution is 7.80. The maximum atomic E-state index is 4.06. The van der Waals surface area contributed by atoms with Gasteiger partial charge < -0.3 is 4.98 Å². The zero-order chi connectivity index (χ0) is 7.84. The van der Waals surface area contributed by atoms with Crippen LogP contribution in [0.15, 0.2) is 11.5 Å². The summed E-state index contributed by atoms with van der Waals surface area (Å²) in [6.07, 6.45) is 1.49. The highest BCUT2D eigenvalue weighted by Crippen LogP contribution is 2.11. The summed E-state index contributed by atoms with van der Waals surface area (Å²) in [5.74, 6) is 0. The highest BCUT2D eigenvalue weighted by atomic mass is 32.1. The van der Waals surface area contributed by atoms with Crippen LogP contribution in [0.1, 0.15) is 5.69 Å². The van der Waals surface area contributed by atoms with Crippen LogP contribution in [-0.2, 0) is 0 Å². The van der Waals surface area contributed by atoms with E-state index in [-0.39, 0.29) is 0 Å². The van der Waals surface area contributed by atoms with Gasteiger partial charge >= 0.3 is 0 Å². The third kappa shape index (κ3) is 0.970. The minimum Gasteiger partial charge on any atom is -0.330 e. The second-order valence-electron chi connectivity index (χ2n) is 2.22. The van der Waals surface area contributed by atoms with Crippen molar-refractivity contribution in [1.82, 2.24) is 19.9 Å². The molecule has 0 spiro atoms. The van der Waals surface area contributed by atoms with E-state index >= 15 is 0 Å². The van der Waals surface area contributed by atoms with Gasteiger partial charge in [-0.1, -0.05) is 0 Å². The molecule has 0 aliphatic rings. The molecule has 0 amide bonds. The van der Waals surface area contributed by atoms with Crippen molar-refractivity contribution in [3.8, 4) is 0 Å². The molecule has 0 aliphatic heterocycles. The monoisotopic (exact) mass is 166 g/mol. The Bertz CT molecular complexity index is 394. The Morgan fingerprint density at radius 3 is 3.00 bits per heavy atom. The fourth-order valence-corrected chi connectivity index (χ4v) is 1.14. The Hall–Kier alpha value is -1.10. The molecule has 2 heterocycles. The zero-order valence-electron chi connectivity index (χ0n) is 5.87. The second-order valence-corrected chi connectivity index (χ2v) is 2.64. The minimum absolute atomic E-state index is 0.573. The first-order valence-electron chi connectivity index (χ1n) is 3.13. The van der Waals surface area contributed by atoms with E-state index in [0.717, 1.165) is 11.2 Å². The summed E-state index contributed by atoms with van der Waals surface area (Å²) in [4.78, 5) is 15.0. The largest absolute Gasteiger partial charge is 0.330 e. The molecule has 2 rings (SSSR count). The molecule has 56 valence electrons. The molecule has 0 saturated carbocycles. The fourth-order valence-electron chi connectivity index (χ4n) is 0.932. The lowest BCUT2D eigenvalue weighted by Crippen LogP contribution is -1.84. The molecule has 0 fully saturated rings. The smallest absolute Gasteiger partial charge is 0.181 e. The van der Waals surface area contributed by atoms with Gasteiger partial charge in [-0.2, -0.15) is 0 Å². The molecule has 2 aromatic rings. The molecule has 0 aliphatic carbocycles. The average molecular weight is 166 g/mol. The summed E-state index contributed by atoms with van der Waals surface area (Å²) in [5, 5.41) is 0.573. The lowest BCUT2D eigenvalue weighted by molar-refractivity contribution is 1.08. The van der Waals surface area contributed by atoms with Crippen LogP contribution in [0, 0.1) is 6.92 Å². The topological polar surface area (TPSA) is 54.5 Å². The van der Waals surface area contributed by atoms with Gasteiger partial charge in [0.25, 0.3) is 0 Å². The molecule has 11 heavy (non-hydrogen) atoms. The Kier molecular flexibility index (Phi) is 1.32. The van der Waals surface area contributed by atoms with Gasteiger partial charge in [-0.3, -0.25) is 0 Å². The van der Waals surface area contributed by atoms with Crippen LogP contribution in [0.2, 0.25) is 0 Å². The number of H-pyrrole nitrogens is 1. The van der Waals surface area contributed by atoms with E-state index in [4.69, 9.17) is 0 Å². The van der Waals surface area contributed by atoms with E-state index in [0.29, 0.717) is 10.8 Å². The van der Waals surface area contributed by atoms with Crippen molar-refractivity contribution < 1.29 is 0 Å². The Morgan fingerprint density at radius 1 is 1.45 bits per heavy atom. The van der Waals surface area contributed by atoms with Crippen molar-refractivity contribution in [3.05, 3.63) is 12.0 Å². The molecule has 0 aromatic carbocycles. The van der Waals surface area contributed by atoms with E-state index < -0.39 is 0 Å². The number of nitrogens with zero attached hydrogens (tertiary/aromatic N) is 3. The number of hydrogen-bond acceptors (Lipinski definition) is 4. The Labute approximate surface area is 68.5 Å². The van der Waals surface area contributed by atoms with E-state index in [2.05, 4.69) is 32.6 Å². The van der Waals surface area contributed by atoms with Gasteiger partial charge in [0.1, 0.15) is 11.8 Å². The van der Waals surface area contributed by atoms with Crippen LogP contribution in [-0.4, -0.2) is 19.9 Å². The standard InChI is InChI=1S/C6H6N4S/c1-3-4-5(8-2-7-3)10-6(11)9-4/h2H,1H3,(H2,7,8,9,10,11). The van der Waals surface area contributed by atoms with Gasteiger partial charge in [-0.15, -0.1) is 12.6 Å². The van der Waals surface area contributed by atoms with Crippen LogP contribution in [0.3, 0.4) is 0 Å². The van der Waals surface area contributed by atoms with E-state index in [1.165, 1.54) is 6.33 Å². The van der Waals surface area contributed by atoms with Gasteiger partial charge in [0.15, 0.2) is 10.8 Å². The number of nitrogens with one attached hydrogen (secondary N) is 1. The van der Waals surface area contributed by atoms with Crippen molar-refractivity contribution >= 4 is 23.8 Å². The third-order valence-electron chi connectivity index (χ3n) is 1.47. The van der Waals surface area contributed by atoms with Gasteiger partial charge in [0.05, 0.1) is 5.69 Å². The Balaban J connectivity index is 2.90. The van der Waals surface area contributed by atoms with Gasteiger partial charge in [-0.25, -0.2) is 15.0 Å². The predicted octanol–water partition coefficient (Wildman–Crippen LogP) is 0.950. The third-order valence-corrected chi connectivity index (χ3v) is 1.68. The van der Waals surface area contributed by atoms with Crippen molar-refractivity contribution in [2.24, 2.45) is 0 Å². The van der Waals surface area contributed by atoms with E-state index in [9.17, 15) is 0 Å². The lowest BCUT2D eigenvalue weighted by atomic mass is 10.4. The first-order valence-corrected chi connectivity index (χ1v) is 3.58. The first-order chi connectivity index (χ1) is 5.27. The molecular weight excluding hydrogens is 160 g/mol. The van der Waals surface area contributed by atoms with Crippen LogP contribution in [0.4, 0.5) is 0 Å². The molecule has 1 N–H and O–H groups in total. The summed E-state index contributed by atoms with van der Waals surface area (Å²) in [7, 11) is 0. The number of fused-ring (bicyclic) bond motifs is 1. The molecule has 5 heteroatoms. The molecule has 0 bridgehead atoms. The number of rotatable bonds is 0. The SMILES string of the molecule is Cc1ncnc2nc(S)[nH]c12. The van der Waals surface area contributed by atoms with Crippen LogP contribution in [0.25, 0.3) is 11.2 Å². The molecular formula is C6H6N4S. The zero-order valence-corrected chi connectivity index (χ0v) is 6.76. The van der Waals surface area contributed by atoms with E-state index in [1.807, 2.05) is 6.92 Å². The van der Waals surface area contributed by atoms with Gasteiger partial charge in [0.2, 0.25) is 0 Å². The predicted molar refractivity (Wildman–Crippen MR) is 43.7 cm³/mol. The van der Waals surface area contributed by atoms with Crippen molar-refractivity contribution in [1.29, 1.82) is 0 Å². The summed E-state index contributed by atoms with van der Waals surface area (Å²) in [5.41, 5.74) is 2.42. The van der Waals surface area contributed by atoms with Gasteiger partial charge in [-0.05, 0) is 6.92 Å². The molecule has 0 unspecified atom stereocenters. The maximum Gasteiger partial charge on any atom is 0.181 e. The molecule has 2 aromatic heterocycles. The van der Waals surface area contributed by atoms with Crippen molar-refractivity contribution in [3.63, 3.8) is 0 Å². The summed E-state index contributed by atoms with van der Waals surface area (Å²) >= 11 is 4.06.